The van der Waals surface area contributed by atoms with E-state index in [4.69, 9.17) is 9.15 Å². The summed E-state index contributed by atoms with van der Waals surface area (Å²) in [6.45, 7) is 0.605. The molecule has 2 aromatic heterocycles. The molecular formula is C19H19N3O4. The highest BCUT2D eigenvalue weighted by atomic mass is 16.5. The second-order valence-corrected chi connectivity index (χ2v) is 5.61. The number of carbonyl (C=O) groups is 1. The fraction of sp³-hybridized carbons (Fsp3) is 0.211. The Bertz CT molecular complexity index is 904. The lowest BCUT2D eigenvalue weighted by Gasteiger charge is -2.17. The lowest BCUT2D eigenvalue weighted by molar-refractivity contribution is 0.0930. The summed E-state index contributed by atoms with van der Waals surface area (Å²) in [6, 6.07) is 15.3. The highest BCUT2D eigenvalue weighted by molar-refractivity contribution is 5.92. The van der Waals surface area contributed by atoms with Crippen LogP contribution in [-0.2, 0) is 11.3 Å². The normalized spacial score (nSPS) is 11.9. The Labute approximate surface area is 150 Å². The molecular weight excluding hydrogens is 334 g/mol. The lowest BCUT2D eigenvalue weighted by atomic mass is 10.0. The fourth-order valence-corrected chi connectivity index (χ4v) is 2.53. The van der Waals surface area contributed by atoms with Crippen LogP contribution in [0.5, 0.6) is 0 Å². The van der Waals surface area contributed by atoms with Gasteiger partial charge in [0.15, 0.2) is 0 Å². The van der Waals surface area contributed by atoms with Gasteiger partial charge in [0, 0.05) is 13.2 Å². The minimum Gasteiger partial charge on any atom is -0.467 e. The summed E-state index contributed by atoms with van der Waals surface area (Å²) in [4.78, 5) is 24.5. The topological polar surface area (TPSA) is 86.4 Å². The number of nitrogens with one attached hydrogen (secondary N) is 1. The zero-order chi connectivity index (χ0) is 18.4. The molecule has 26 heavy (non-hydrogen) atoms. The van der Waals surface area contributed by atoms with Crippen LogP contribution in [0, 0.1) is 0 Å². The highest BCUT2D eigenvalue weighted by Crippen LogP contribution is 2.22. The van der Waals surface area contributed by atoms with E-state index in [1.54, 1.807) is 18.4 Å². The van der Waals surface area contributed by atoms with Crippen LogP contribution in [0.4, 0.5) is 0 Å². The molecule has 0 spiro atoms. The average Bonchev–Trinajstić information content (AvgIpc) is 3.20. The zero-order valence-corrected chi connectivity index (χ0v) is 14.3. The number of carbonyl (C=O) groups excluding carboxylic acids is 1. The second-order valence-electron chi connectivity index (χ2n) is 5.61. The SMILES string of the molecule is COCCn1nc(C(=O)NC(c2ccccc2)c2ccco2)ccc1=O. The number of furan rings is 1. The maximum absolute atomic E-state index is 12.7. The molecule has 1 amide bonds. The molecule has 1 N–H and O–H groups in total. The Morgan fingerprint density at radius 3 is 2.69 bits per heavy atom. The van der Waals surface area contributed by atoms with Crippen LogP contribution in [0.3, 0.4) is 0 Å². The number of benzene rings is 1. The van der Waals surface area contributed by atoms with Crippen molar-refractivity contribution in [1.29, 1.82) is 0 Å². The Kier molecular flexibility index (Phi) is 5.60. The third-order valence-corrected chi connectivity index (χ3v) is 3.84. The number of rotatable bonds is 7. The molecule has 1 aromatic carbocycles. The number of amides is 1. The quantitative estimate of drug-likeness (QED) is 0.702. The summed E-state index contributed by atoms with van der Waals surface area (Å²) < 4.78 is 11.6. The molecule has 1 atom stereocenters. The number of nitrogens with zero attached hydrogens (tertiary/aromatic N) is 2. The maximum Gasteiger partial charge on any atom is 0.272 e. The Morgan fingerprint density at radius 1 is 1.19 bits per heavy atom. The molecule has 1 unspecified atom stereocenters. The van der Waals surface area contributed by atoms with Crippen molar-refractivity contribution in [2.45, 2.75) is 12.6 Å². The standard InChI is InChI=1S/C19H19N3O4/c1-25-13-11-22-17(23)10-9-15(21-22)19(24)20-18(16-8-5-12-26-16)14-6-3-2-4-7-14/h2-10,12,18H,11,13H2,1H3,(H,20,24). The molecule has 0 aliphatic heterocycles. The van der Waals surface area contributed by atoms with Crippen LogP contribution in [0.25, 0.3) is 0 Å². The lowest BCUT2D eigenvalue weighted by Crippen LogP contribution is -2.33. The molecule has 3 aromatic rings. The van der Waals surface area contributed by atoms with Gasteiger partial charge in [-0.25, -0.2) is 4.68 Å². The Balaban J connectivity index is 1.86. The van der Waals surface area contributed by atoms with Crippen molar-refractivity contribution in [3.8, 4) is 0 Å². The fourth-order valence-electron chi connectivity index (χ4n) is 2.53. The summed E-state index contributed by atoms with van der Waals surface area (Å²) >= 11 is 0. The number of aromatic nitrogens is 2. The van der Waals surface area contributed by atoms with Crippen LogP contribution in [0.2, 0.25) is 0 Å². The Hall–Kier alpha value is -3.19. The number of hydrogen-bond acceptors (Lipinski definition) is 5. The first-order valence-electron chi connectivity index (χ1n) is 8.15. The van der Waals surface area contributed by atoms with Gasteiger partial charge in [-0.3, -0.25) is 9.59 Å². The van der Waals surface area contributed by atoms with Gasteiger partial charge in [0.05, 0.1) is 19.4 Å². The third-order valence-electron chi connectivity index (χ3n) is 3.84. The molecule has 0 radical (unpaired) electrons. The van der Waals surface area contributed by atoms with E-state index in [2.05, 4.69) is 10.4 Å². The summed E-state index contributed by atoms with van der Waals surface area (Å²) in [6.07, 6.45) is 1.56. The summed E-state index contributed by atoms with van der Waals surface area (Å²) in [5.74, 6) is 0.207. The number of ether oxygens (including phenoxy) is 1. The van der Waals surface area contributed by atoms with E-state index in [1.807, 2.05) is 30.3 Å². The maximum atomic E-state index is 12.7. The summed E-state index contributed by atoms with van der Waals surface area (Å²) in [5, 5.41) is 7.03. The van der Waals surface area contributed by atoms with Gasteiger partial charge < -0.3 is 14.5 Å². The first kappa shape index (κ1) is 17.6. The third kappa shape index (κ3) is 4.07. The predicted molar refractivity (Wildman–Crippen MR) is 94.8 cm³/mol. The van der Waals surface area contributed by atoms with Crippen molar-refractivity contribution in [3.63, 3.8) is 0 Å². The molecule has 3 rings (SSSR count). The summed E-state index contributed by atoms with van der Waals surface area (Å²) in [5.41, 5.74) is 0.737. The van der Waals surface area contributed by atoms with Gasteiger partial charge in [-0.2, -0.15) is 5.10 Å². The van der Waals surface area contributed by atoms with Crippen LogP contribution in [0.1, 0.15) is 27.9 Å². The smallest absolute Gasteiger partial charge is 0.272 e. The van der Waals surface area contributed by atoms with Crippen molar-refractivity contribution in [1.82, 2.24) is 15.1 Å². The zero-order valence-electron chi connectivity index (χ0n) is 14.3. The van der Waals surface area contributed by atoms with E-state index >= 15 is 0 Å². The molecule has 0 saturated carbocycles. The van der Waals surface area contributed by atoms with Crippen LogP contribution >= 0.6 is 0 Å². The van der Waals surface area contributed by atoms with Crippen molar-refractivity contribution in [2.24, 2.45) is 0 Å². The van der Waals surface area contributed by atoms with Crippen LogP contribution < -0.4 is 10.9 Å². The van der Waals surface area contributed by atoms with Crippen LogP contribution in [0.15, 0.2) is 70.1 Å². The summed E-state index contributed by atoms with van der Waals surface area (Å²) in [7, 11) is 1.54. The molecule has 0 aliphatic carbocycles. The van der Waals surface area contributed by atoms with E-state index in [1.165, 1.54) is 23.9 Å². The van der Waals surface area contributed by atoms with E-state index < -0.39 is 11.9 Å². The highest BCUT2D eigenvalue weighted by Gasteiger charge is 2.21. The molecule has 134 valence electrons. The number of hydrogen-bond donors (Lipinski definition) is 1. The molecule has 7 nitrogen and oxygen atoms in total. The van der Waals surface area contributed by atoms with Gasteiger partial charge in [-0.15, -0.1) is 0 Å². The second kappa shape index (κ2) is 8.26. The first-order valence-corrected chi connectivity index (χ1v) is 8.15. The number of methoxy groups -OCH3 is 1. The molecule has 0 bridgehead atoms. The minimum absolute atomic E-state index is 0.146. The largest absolute Gasteiger partial charge is 0.467 e. The molecule has 2 heterocycles. The van der Waals surface area contributed by atoms with Gasteiger partial charge in [-0.05, 0) is 23.8 Å². The Morgan fingerprint density at radius 2 is 2.00 bits per heavy atom. The predicted octanol–water partition coefficient (Wildman–Crippen LogP) is 2.00. The van der Waals surface area contributed by atoms with E-state index in [0.717, 1.165) is 5.56 Å². The van der Waals surface area contributed by atoms with Gasteiger partial charge in [0.25, 0.3) is 11.5 Å². The van der Waals surface area contributed by atoms with Crippen molar-refractivity contribution < 1.29 is 13.9 Å². The van der Waals surface area contributed by atoms with Crippen molar-refractivity contribution in [2.75, 3.05) is 13.7 Å². The van der Waals surface area contributed by atoms with E-state index in [0.29, 0.717) is 12.4 Å². The molecule has 0 saturated heterocycles. The van der Waals surface area contributed by atoms with Gasteiger partial charge in [-0.1, -0.05) is 30.3 Å². The van der Waals surface area contributed by atoms with Gasteiger partial charge in [0.2, 0.25) is 0 Å². The van der Waals surface area contributed by atoms with E-state index in [9.17, 15) is 9.59 Å². The van der Waals surface area contributed by atoms with Gasteiger partial charge in [0.1, 0.15) is 17.5 Å². The molecule has 7 heteroatoms. The average molecular weight is 353 g/mol. The monoisotopic (exact) mass is 353 g/mol. The van der Waals surface area contributed by atoms with Gasteiger partial charge >= 0.3 is 0 Å². The van der Waals surface area contributed by atoms with Crippen molar-refractivity contribution >= 4 is 5.91 Å². The first-order chi connectivity index (χ1) is 12.7. The van der Waals surface area contributed by atoms with Crippen molar-refractivity contribution in [3.05, 3.63) is 88.2 Å². The minimum atomic E-state index is -0.458. The van der Waals surface area contributed by atoms with E-state index in [-0.39, 0.29) is 17.8 Å². The molecule has 0 aliphatic rings. The van der Waals surface area contributed by atoms with Crippen LogP contribution in [-0.4, -0.2) is 29.4 Å². The molecule has 0 fully saturated rings.